The Hall–Kier alpha value is -2.78. The van der Waals surface area contributed by atoms with Crippen molar-refractivity contribution in [3.05, 3.63) is 92.4 Å². The quantitative estimate of drug-likeness (QED) is 0.347. The highest BCUT2D eigenvalue weighted by atomic mass is 35.5. The predicted molar refractivity (Wildman–Crippen MR) is 152 cm³/mol. The third-order valence-electron chi connectivity index (χ3n) is 6.10. The fourth-order valence-electron chi connectivity index (χ4n) is 3.83. The number of aryl methyl sites for hydroxylation is 2. The second-order valence-electron chi connectivity index (χ2n) is 8.80. The van der Waals surface area contributed by atoms with Gasteiger partial charge in [0.2, 0.25) is 11.8 Å². The van der Waals surface area contributed by atoms with Crippen molar-refractivity contribution in [3.63, 3.8) is 0 Å². The Bertz CT molecular complexity index is 1450. The van der Waals surface area contributed by atoms with Gasteiger partial charge in [-0.3, -0.25) is 13.9 Å². The van der Waals surface area contributed by atoms with Crippen LogP contribution in [0.1, 0.15) is 23.6 Å². The normalized spacial score (nSPS) is 12.1. The first-order valence-electron chi connectivity index (χ1n) is 11.7. The van der Waals surface area contributed by atoms with Gasteiger partial charge >= 0.3 is 0 Å². The Morgan fingerprint density at radius 2 is 1.53 bits per heavy atom. The van der Waals surface area contributed by atoms with Crippen LogP contribution in [0.25, 0.3) is 0 Å². The van der Waals surface area contributed by atoms with Crippen LogP contribution in [0.3, 0.4) is 0 Å². The Balaban J connectivity index is 2.09. The number of amides is 2. The predicted octanol–water partition coefficient (Wildman–Crippen LogP) is 5.62. The molecule has 0 aliphatic rings. The molecule has 38 heavy (non-hydrogen) atoms. The summed E-state index contributed by atoms with van der Waals surface area (Å²) in [6.07, 6.45) is 0. The zero-order valence-corrected chi connectivity index (χ0v) is 24.4. The van der Waals surface area contributed by atoms with Crippen LogP contribution in [0, 0.1) is 13.8 Å². The summed E-state index contributed by atoms with van der Waals surface area (Å²) in [6.45, 7) is 4.51. The molecule has 0 spiro atoms. The summed E-state index contributed by atoms with van der Waals surface area (Å²) in [6, 6.07) is 15.0. The van der Waals surface area contributed by atoms with Gasteiger partial charge in [0, 0.05) is 28.7 Å². The summed E-state index contributed by atoms with van der Waals surface area (Å²) in [5.41, 5.74) is 2.29. The maximum Gasteiger partial charge on any atom is 0.264 e. The van der Waals surface area contributed by atoms with E-state index in [0.29, 0.717) is 26.2 Å². The van der Waals surface area contributed by atoms with Gasteiger partial charge in [-0.2, -0.15) is 0 Å². The number of carbonyl (C=O) groups excluding carboxylic acids is 2. The SMILES string of the molecule is CNC(=O)C(C)N(Cc1ccc(Cl)cc1Cl)C(=O)CN(c1cc(Cl)ccc1C)S(=O)(=O)c1ccc(C)cc1. The molecule has 0 radical (unpaired) electrons. The van der Waals surface area contributed by atoms with E-state index in [0.717, 1.165) is 9.87 Å². The van der Waals surface area contributed by atoms with Crippen molar-refractivity contribution in [2.45, 2.75) is 38.3 Å². The average Bonchev–Trinajstić information content (AvgIpc) is 2.87. The number of sulfonamides is 1. The van der Waals surface area contributed by atoms with Crippen LogP contribution in [0.2, 0.25) is 15.1 Å². The number of hydrogen-bond acceptors (Lipinski definition) is 4. The molecule has 1 N–H and O–H groups in total. The second kappa shape index (κ2) is 12.4. The highest BCUT2D eigenvalue weighted by Gasteiger charge is 2.33. The minimum atomic E-state index is -4.19. The van der Waals surface area contributed by atoms with E-state index in [1.54, 1.807) is 50.2 Å². The van der Waals surface area contributed by atoms with Crippen molar-refractivity contribution in [2.24, 2.45) is 0 Å². The molecule has 0 saturated carbocycles. The van der Waals surface area contributed by atoms with E-state index in [1.807, 2.05) is 6.92 Å². The summed E-state index contributed by atoms with van der Waals surface area (Å²) in [7, 11) is -2.74. The Morgan fingerprint density at radius 3 is 2.13 bits per heavy atom. The molecule has 0 aliphatic carbocycles. The van der Waals surface area contributed by atoms with E-state index < -0.39 is 34.4 Å². The van der Waals surface area contributed by atoms with Crippen LogP contribution >= 0.6 is 34.8 Å². The van der Waals surface area contributed by atoms with E-state index in [1.165, 1.54) is 36.2 Å². The third kappa shape index (κ3) is 6.80. The standard InChI is InChI=1S/C27H28Cl3N3O4S/c1-17-5-11-23(12-6-17)38(36,37)33(25-14-22(29)9-7-18(25)2)16-26(34)32(19(3)27(35)31-4)15-20-8-10-21(28)13-24(20)30/h5-14,19H,15-16H2,1-4H3,(H,31,35). The van der Waals surface area contributed by atoms with Gasteiger partial charge in [-0.1, -0.05) is 64.6 Å². The molecular formula is C27H28Cl3N3O4S. The molecule has 2 amide bonds. The number of anilines is 1. The molecule has 202 valence electrons. The van der Waals surface area contributed by atoms with Crippen LogP contribution < -0.4 is 9.62 Å². The number of rotatable bonds is 9. The molecule has 0 fully saturated rings. The van der Waals surface area contributed by atoms with E-state index in [4.69, 9.17) is 34.8 Å². The van der Waals surface area contributed by atoms with E-state index in [-0.39, 0.29) is 17.1 Å². The molecule has 0 aliphatic heterocycles. The van der Waals surface area contributed by atoms with E-state index in [9.17, 15) is 18.0 Å². The first kappa shape index (κ1) is 29.8. The number of benzene rings is 3. The first-order valence-corrected chi connectivity index (χ1v) is 14.2. The second-order valence-corrected chi connectivity index (χ2v) is 11.9. The largest absolute Gasteiger partial charge is 0.357 e. The third-order valence-corrected chi connectivity index (χ3v) is 8.69. The van der Waals surface area contributed by atoms with Gasteiger partial charge in [-0.05, 0) is 68.3 Å². The van der Waals surface area contributed by atoms with Gasteiger partial charge in [0.05, 0.1) is 10.6 Å². The molecule has 0 saturated heterocycles. The topological polar surface area (TPSA) is 86.8 Å². The maximum atomic E-state index is 13.9. The highest BCUT2D eigenvalue weighted by molar-refractivity contribution is 7.92. The monoisotopic (exact) mass is 595 g/mol. The summed E-state index contributed by atoms with van der Waals surface area (Å²) < 4.78 is 28.8. The molecule has 0 bridgehead atoms. The Morgan fingerprint density at radius 1 is 0.921 bits per heavy atom. The molecule has 0 heterocycles. The minimum absolute atomic E-state index is 0.0157. The maximum absolute atomic E-state index is 13.9. The number of likely N-dealkylation sites (N-methyl/N-ethyl adjacent to an activating group) is 1. The highest BCUT2D eigenvalue weighted by Crippen LogP contribution is 2.30. The average molecular weight is 597 g/mol. The van der Waals surface area contributed by atoms with Gasteiger partial charge in [-0.15, -0.1) is 0 Å². The van der Waals surface area contributed by atoms with Crippen molar-refractivity contribution in [1.82, 2.24) is 10.2 Å². The lowest BCUT2D eigenvalue weighted by atomic mass is 10.1. The summed E-state index contributed by atoms with van der Waals surface area (Å²) >= 11 is 18.6. The van der Waals surface area contributed by atoms with Gasteiger partial charge < -0.3 is 10.2 Å². The molecule has 7 nitrogen and oxygen atoms in total. The van der Waals surface area contributed by atoms with Crippen LogP contribution in [0.5, 0.6) is 0 Å². The van der Waals surface area contributed by atoms with Gasteiger partial charge in [0.1, 0.15) is 12.6 Å². The van der Waals surface area contributed by atoms with Crippen LogP contribution in [0.4, 0.5) is 5.69 Å². The van der Waals surface area contributed by atoms with Crippen LogP contribution in [-0.2, 0) is 26.2 Å². The molecule has 3 aromatic rings. The van der Waals surface area contributed by atoms with Gasteiger partial charge in [-0.25, -0.2) is 8.42 Å². The number of halogens is 3. The molecule has 11 heteroatoms. The zero-order chi connectivity index (χ0) is 28.2. The van der Waals surface area contributed by atoms with Crippen LogP contribution in [0.15, 0.2) is 65.6 Å². The molecule has 3 aromatic carbocycles. The van der Waals surface area contributed by atoms with Crippen molar-refractivity contribution in [3.8, 4) is 0 Å². The fourth-order valence-corrected chi connectivity index (χ4v) is 5.93. The number of hydrogen-bond donors (Lipinski definition) is 1. The Labute approximate surface area is 238 Å². The number of carbonyl (C=O) groups is 2. The lowest BCUT2D eigenvalue weighted by Crippen LogP contribution is -2.50. The summed E-state index contributed by atoms with van der Waals surface area (Å²) in [5.74, 6) is -1.03. The van der Waals surface area contributed by atoms with Crippen molar-refractivity contribution < 1.29 is 18.0 Å². The number of nitrogens with zero attached hydrogens (tertiary/aromatic N) is 2. The minimum Gasteiger partial charge on any atom is -0.357 e. The first-order chi connectivity index (χ1) is 17.8. The van der Waals surface area contributed by atoms with Gasteiger partial charge in [0.15, 0.2) is 0 Å². The lowest BCUT2D eigenvalue weighted by molar-refractivity contribution is -0.139. The van der Waals surface area contributed by atoms with Crippen molar-refractivity contribution in [2.75, 3.05) is 17.9 Å². The van der Waals surface area contributed by atoms with Gasteiger partial charge in [0.25, 0.3) is 10.0 Å². The van der Waals surface area contributed by atoms with Crippen molar-refractivity contribution >= 4 is 62.3 Å². The van der Waals surface area contributed by atoms with Crippen molar-refractivity contribution in [1.29, 1.82) is 0 Å². The summed E-state index contributed by atoms with van der Waals surface area (Å²) in [4.78, 5) is 27.7. The molecule has 1 unspecified atom stereocenters. The zero-order valence-electron chi connectivity index (χ0n) is 21.3. The molecule has 0 aromatic heterocycles. The smallest absolute Gasteiger partial charge is 0.264 e. The molecular weight excluding hydrogens is 569 g/mol. The molecule has 3 rings (SSSR count). The fraction of sp³-hybridized carbons (Fsp3) is 0.259. The van der Waals surface area contributed by atoms with Crippen LogP contribution in [-0.4, -0.2) is 44.8 Å². The van der Waals surface area contributed by atoms with E-state index >= 15 is 0 Å². The van der Waals surface area contributed by atoms with E-state index in [2.05, 4.69) is 5.32 Å². The lowest BCUT2D eigenvalue weighted by Gasteiger charge is -2.32. The number of nitrogens with one attached hydrogen (secondary N) is 1. The molecule has 1 atom stereocenters. The Kier molecular flexibility index (Phi) is 9.70. The summed E-state index contributed by atoms with van der Waals surface area (Å²) in [5, 5.41) is 3.58.